The van der Waals surface area contributed by atoms with Gasteiger partial charge in [-0.1, -0.05) is 36.7 Å². The first-order valence-electron chi connectivity index (χ1n) is 10.1. The molecule has 0 saturated carbocycles. The van der Waals surface area contributed by atoms with Gasteiger partial charge in [0.15, 0.2) is 12.4 Å². The van der Waals surface area contributed by atoms with Crippen LogP contribution in [0.1, 0.15) is 34.1 Å². The van der Waals surface area contributed by atoms with Crippen LogP contribution >= 0.6 is 22.9 Å². The van der Waals surface area contributed by atoms with Crippen molar-refractivity contribution in [3.05, 3.63) is 74.9 Å². The largest absolute Gasteiger partial charge is 0.455 e. The molecule has 0 aliphatic heterocycles. The summed E-state index contributed by atoms with van der Waals surface area (Å²) in [6.07, 6.45) is 2.93. The summed E-state index contributed by atoms with van der Waals surface area (Å²) in [5, 5.41) is 5.01. The van der Waals surface area contributed by atoms with E-state index in [0.29, 0.717) is 33.7 Å². The summed E-state index contributed by atoms with van der Waals surface area (Å²) in [5.41, 5.74) is 2.05. The van der Waals surface area contributed by atoms with Crippen LogP contribution in [0.4, 0.5) is 5.69 Å². The molecule has 1 amide bonds. The van der Waals surface area contributed by atoms with Gasteiger partial charge in [-0.05, 0) is 61.1 Å². The average molecular weight is 456 g/mol. The predicted octanol–water partition coefficient (Wildman–Crippen LogP) is 6.11. The van der Waals surface area contributed by atoms with Crippen LogP contribution in [0.2, 0.25) is 5.02 Å². The monoisotopic (exact) mass is 455 g/mol. The minimum atomic E-state index is -0.466. The van der Waals surface area contributed by atoms with E-state index in [0.717, 1.165) is 24.8 Å². The second kappa shape index (κ2) is 9.54. The number of thiophene rings is 1. The summed E-state index contributed by atoms with van der Waals surface area (Å²) in [6.45, 7) is 1.83. The molecule has 31 heavy (non-hydrogen) atoms. The fourth-order valence-corrected chi connectivity index (χ4v) is 4.95. The Morgan fingerprint density at radius 1 is 1.19 bits per heavy atom. The molecule has 0 spiro atoms. The fraction of sp³-hybridized carbons (Fsp3) is 0.250. The lowest BCUT2D eigenvalue weighted by Gasteiger charge is -2.18. The van der Waals surface area contributed by atoms with Crippen LogP contribution in [0, 0.1) is 5.92 Å². The van der Waals surface area contributed by atoms with Gasteiger partial charge in [0.05, 0.1) is 11.3 Å². The number of hydrogen-bond donors (Lipinski definition) is 1. The van der Waals surface area contributed by atoms with Crippen molar-refractivity contribution in [2.75, 3.05) is 11.9 Å². The van der Waals surface area contributed by atoms with Crippen LogP contribution in [0.25, 0.3) is 0 Å². The Labute approximate surface area is 190 Å². The third kappa shape index (κ3) is 5.27. The number of fused-ring (bicyclic) bond motifs is 1. The quantitative estimate of drug-likeness (QED) is 0.455. The fourth-order valence-electron chi connectivity index (χ4n) is 3.55. The molecule has 5 nitrogen and oxygen atoms in total. The molecule has 2 aromatic carbocycles. The Hall–Kier alpha value is -2.83. The third-order valence-electron chi connectivity index (χ3n) is 5.14. The lowest BCUT2D eigenvalue weighted by molar-refractivity contribution is -0.119. The van der Waals surface area contributed by atoms with Crippen molar-refractivity contribution in [3.63, 3.8) is 0 Å². The number of benzene rings is 2. The van der Waals surface area contributed by atoms with Crippen molar-refractivity contribution in [1.82, 2.24) is 0 Å². The number of esters is 1. The Morgan fingerprint density at radius 2 is 2.00 bits per heavy atom. The summed E-state index contributed by atoms with van der Waals surface area (Å²) < 4.78 is 11.1. The first kappa shape index (κ1) is 21.4. The number of amides is 1. The third-order valence-corrected chi connectivity index (χ3v) is 6.43. The lowest BCUT2D eigenvalue weighted by Crippen LogP contribution is -2.22. The Morgan fingerprint density at radius 3 is 2.81 bits per heavy atom. The number of anilines is 1. The van der Waals surface area contributed by atoms with E-state index in [2.05, 4.69) is 12.2 Å². The van der Waals surface area contributed by atoms with E-state index < -0.39 is 18.5 Å². The van der Waals surface area contributed by atoms with E-state index in [1.54, 1.807) is 29.5 Å². The van der Waals surface area contributed by atoms with Crippen LogP contribution in [-0.2, 0) is 22.4 Å². The van der Waals surface area contributed by atoms with E-state index >= 15 is 0 Å². The number of halogens is 1. The zero-order chi connectivity index (χ0) is 21.8. The molecule has 4 rings (SSSR count). The van der Waals surface area contributed by atoms with Gasteiger partial charge in [0.25, 0.3) is 5.91 Å². The summed E-state index contributed by atoms with van der Waals surface area (Å²) in [4.78, 5) is 26.2. The zero-order valence-electron chi connectivity index (χ0n) is 17.0. The van der Waals surface area contributed by atoms with Gasteiger partial charge in [-0.15, -0.1) is 11.3 Å². The topological polar surface area (TPSA) is 64.6 Å². The summed E-state index contributed by atoms with van der Waals surface area (Å²) in [5.74, 6) is 0.769. The van der Waals surface area contributed by atoms with E-state index in [1.807, 2.05) is 35.7 Å². The molecule has 160 valence electrons. The molecule has 1 atom stereocenters. The lowest BCUT2D eigenvalue weighted by atomic mass is 9.88. The van der Waals surface area contributed by atoms with Gasteiger partial charge in [0.2, 0.25) is 0 Å². The number of carbonyl (C=O) groups is 2. The number of hydrogen-bond acceptors (Lipinski definition) is 5. The minimum Gasteiger partial charge on any atom is -0.455 e. The number of carbonyl (C=O) groups excluding carboxylic acids is 2. The number of para-hydroxylation sites is 1. The molecule has 0 bridgehead atoms. The van der Waals surface area contributed by atoms with Crippen molar-refractivity contribution in [3.8, 4) is 11.5 Å². The van der Waals surface area contributed by atoms with Gasteiger partial charge >= 0.3 is 5.97 Å². The highest BCUT2D eigenvalue weighted by Gasteiger charge is 2.24. The number of nitrogens with one attached hydrogen (secondary N) is 1. The molecule has 1 aliphatic carbocycles. The van der Waals surface area contributed by atoms with Crippen molar-refractivity contribution in [1.29, 1.82) is 0 Å². The molecular weight excluding hydrogens is 434 g/mol. The molecule has 1 aliphatic rings. The van der Waals surface area contributed by atoms with Crippen molar-refractivity contribution < 1.29 is 19.1 Å². The van der Waals surface area contributed by atoms with Gasteiger partial charge in [-0.3, -0.25) is 4.79 Å². The van der Waals surface area contributed by atoms with Crippen molar-refractivity contribution in [2.45, 2.75) is 26.2 Å². The maximum atomic E-state index is 12.5. The first-order valence-corrected chi connectivity index (χ1v) is 11.3. The summed E-state index contributed by atoms with van der Waals surface area (Å²) >= 11 is 7.68. The van der Waals surface area contributed by atoms with Crippen LogP contribution in [0.5, 0.6) is 11.5 Å². The normalized spacial score (nSPS) is 15.1. The van der Waals surface area contributed by atoms with Crippen molar-refractivity contribution in [2.24, 2.45) is 5.92 Å². The second-order valence-corrected chi connectivity index (χ2v) is 8.98. The van der Waals surface area contributed by atoms with E-state index in [1.165, 1.54) is 4.88 Å². The number of ether oxygens (including phenoxy) is 2. The van der Waals surface area contributed by atoms with Crippen LogP contribution < -0.4 is 10.1 Å². The van der Waals surface area contributed by atoms with Crippen molar-refractivity contribution >= 4 is 40.5 Å². The molecule has 0 saturated heterocycles. The molecule has 1 aromatic heterocycles. The van der Waals surface area contributed by atoms with E-state index in [4.69, 9.17) is 21.1 Å². The average Bonchev–Trinajstić information content (AvgIpc) is 3.18. The predicted molar refractivity (Wildman–Crippen MR) is 122 cm³/mol. The molecule has 0 fully saturated rings. The Bertz CT molecular complexity index is 1100. The Kier molecular flexibility index (Phi) is 6.59. The molecule has 7 heteroatoms. The van der Waals surface area contributed by atoms with Gasteiger partial charge in [-0.2, -0.15) is 0 Å². The second-order valence-electron chi connectivity index (χ2n) is 7.58. The van der Waals surface area contributed by atoms with Gasteiger partial charge in [-0.25, -0.2) is 4.79 Å². The molecule has 1 heterocycles. The highest BCUT2D eigenvalue weighted by Crippen LogP contribution is 2.34. The summed E-state index contributed by atoms with van der Waals surface area (Å²) in [6, 6.07) is 14.2. The molecule has 1 N–H and O–H groups in total. The smallest absolute Gasteiger partial charge is 0.339 e. The molecule has 0 radical (unpaired) electrons. The maximum Gasteiger partial charge on any atom is 0.339 e. The van der Waals surface area contributed by atoms with Gasteiger partial charge < -0.3 is 14.8 Å². The first-order chi connectivity index (χ1) is 15.0. The Balaban J connectivity index is 1.39. The zero-order valence-corrected chi connectivity index (χ0v) is 18.6. The standard InChI is InChI=1S/C24H22ClNO4S/c1-15-7-9-18-19(14-31-22(18)11-15)24(28)29-13-23(27)26-20-12-16(25)8-10-21(20)30-17-5-3-2-4-6-17/h2-6,8,10,12,14-15H,7,9,11,13H2,1H3,(H,26,27). The van der Waals surface area contributed by atoms with Crippen LogP contribution in [0.3, 0.4) is 0 Å². The van der Waals surface area contributed by atoms with Crippen LogP contribution in [-0.4, -0.2) is 18.5 Å². The molecular formula is C24H22ClNO4S. The SMILES string of the molecule is CC1CCc2c(C(=O)OCC(=O)Nc3cc(Cl)ccc3Oc3ccccc3)csc2C1. The minimum absolute atomic E-state index is 0.392. The highest BCUT2D eigenvalue weighted by molar-refractivity contribution is 7.10. The maximum absolute atomic E-state index is 12.5. The summed E-state index contributed by atoms with van der Waals surface area (Å²) in [7, 11) is 0. The van der Waals surface area contributed by atoms with E-state index in [-0.39, 0.29) is 0 Å². The van der Waals surface area contributed by atoms with Crippen LogP contribution in [0.15, 0.2) is 53.9 Å². The highest BCUT2D eigenvalue weighted by atomic mass is 35.5. The molecule has 3 aromatic rings. The molecule has 1 unspecified atom stereocenters. The van der Waals surface area contributed by atoms with E-state index in [9.17, 15) is 9.59 Å². The van der Waals surface area contributed by atoms with Gasteiger partial charge in [0, 0.05) is 15.3 Å². The number of rotatable bonds is 6. The van der Waals surface area contributed by atoms with Gasteiger partial charge in [0.1, 0.15) is 5.75 Å².